The first kappa shape index (κ1) is 19.0. The highest BCUT2D eigenvalue weighted by Crippen LogP contribution is 2.42. The van der Waals surface area contributed by atoms with Crippen molar-refractivity contribution in [1.82, 2.24) is 10.3 Å². The largest absolute Gasteiger partial charge is 0.464 e. The number of hydrogen-bond acceptors (Lipinski definition) is 6. The maximum absolute atomic E-state index is 14.0. The van der Waals surface area contributed by atoms with Crippen molar-refractivity contribution in [3.8, 4) is 0 Å². The van der Waals surface area contributed by atoms with Crippen molar-refractivity contribution in [1.29, 1.82) is 0 Å². The molecule has 0 saturated carbocycles. The molecule has 1 N–H and O–H groups in total. The van der Waals surface area contributed by atoms with Gasteiger partial charge >= 0.3 is 5.97 Å². The SMILES string of the molecule is COC(=O)c1cc(C2(C)SC(N[C@@H](C)c3ccccc3F)=NC2=O)ccn1. The van der Waals surface area contributed by atoms with Gasteiger partial charge in [0, 0.05) is 11.8 Å². The van der Waals surface area contributed by atoms with Gasteiger partial charge in [0.1, 0.15) is 16.3 Å². The number of benzene rings is 1. The maximum atomic E-state index is 14.0. The molecular formula is C19H18FN3O3S. The minimum atomic E-state index is -1.01. The van der Waals surface area contributed by atoms with E-state index in [9.17, 15) is 14.0 Å². The molecule has 0 fully saturated rings. The number of methoxy groups -OCH3 is 1. The highest BCUT2D eigenvalue weighted by atomic mass is 32.2. The summed E-state index contributed by atoms with van der Waals surface area (Å²) in [6.07, 6.45) is 1.45. The van der Waals surface area contributed by atoms with Crippen molar-refractivity contribution in [2.75, 3.05) is 7.11 Å². The smallest absolute Gasteiger partial charge is 0.356 e. The number of nitrogens with zero attached hydrogens (tertiary/aromatic N) is 2. The second-order valence-corrected chi connectivity index (χ2v) is 7.57. The van der Waals surface area contributed by atoms with Crippen LogP contribution in [0.1, 0.15) is 41.5 Å². The van der Waals surface area contributed by atoms with E-state index in [2.05, 4.69) is 20.0 Å². The number of esters is 1. The molecule has 6 nitrogen and oxygen atoms in total. The Bertz CT molecular complexity index is 934. The van der Waals surface area contributed by atoms with Crippen molar-refractivity contribution >= 4 is 28.8 Å². The van der Waals surface area contributed by atoms with E-state index in [1.54, 1.807) is 38.1 Å². The maximum Gasteiger partial charge on any atom is 0.356 e. The van der Waals surface area contributed by atoms with Gasteiger partial charge < -0.3 is 10.1 Å². The predicted molar refractivity (Wildman–Crippen MR) is 101 cm³/mol. The zero-order valence-corrected chi connectivity index (χ0v) is 15.8. The van der Waals surface area contributed by atoms with Gasteiger partial charge in [0.15, 0.2) is 5.17 Å². The fraction of sp³-hybridized carbons (Fsp3) is 0.263. The van der Waals surface area contributed by atoms with Crippen molar-refractivity contribution in [2.45, 2.75) is 24.6 Å². The Kier molecular flexibility index (Phi) is 5.27. The zero-order valence-electron chi connectivity index (χ0n) is 15.0. The number of carbonyl (C=O) groups is 2. The van der Waals surface area contributed by atoms with Crippen LogP contribution in [-0.4, -0.2) is 29.1 Å². The summed E-state index contributed by atoms with van der Waals surface area (Å²) in [6.45, 7) is 3.52. The first-order chi connectivity index (χ1) is 12.8. The number of carbonyl (C=O) groups excluding carboxylic acids is 2. The molecule has 0 spiro atoms. The summed E-state index contributed by atoms with van der Waals surface area (Å²) in [5, 5.41) is 3.48. The molecular weight excluding hydrogens is 369 g/mol. The molecule has 0 aliphatic carbocycles. The van der Waals surface area contributed by atoms with Crippen molar-refractivity contribution in [3.63, 3.8) is 0 Å². The van der Waals surface area contributed by atoms with Gasteiger partial charge in [-0.3, -0.25) is 4.79 Å². The van der Waals surface area contributed by atoms with Crippen molar-refractivity contribution in [2.24, 2.45) is 4.99 Å². The number of hydrogen-bond donors (Lipinski definition) is 1. The van der Waals surface area contributed by atoms with Crippen LogP contribution in [0.3, 0.4) is 0 Å². The van der Waals surface area contributed by atoms with Gasteiger partial charge in [-0.1, -0.05) is 30.0 Å². The van der Waals surface area contributed by atoms with Crippen LogP contribution in [0.25, 0.3) is 0 Å². The molecule has 1 unspecified atom stereocenters. The fourth-order valence-corrected chi connectivity index (χ4v) is 3.86. The van der Waals surface area contributed by atoms with Crippen molar-refractivity contribution in [3.05, 3.63) is 65.2 Å². The van der Waals surface area contributed by atoms with Crippen LogP contribution in [0, 0.1) is 5.82 Å². The lowest BCUT2D eigenvalue weighted by Gasteiger charge is -2.22. The third-order valence-corrected chi connectivity index (χ3v) is 5.55. The third-order valence-electron chi connectivity index (χ3n) is 4.33. The molecule has 0 saturated heterocycles. The Hall–Kier alpha value is -2.74. The van der Waals surface area contributed by atoms with Gasteiger partial charge in [-0.15, -0.1) is 0 Å². The van der Waals surface area contributed by atoms with Gasteiger partial charge in [-0.25, -0.2) is 14.2 Å². The Labute approximate surface area is 160 Å². The van der Waals surface area contributed by atoms with E-state index in [4.69, 9.17) is 0 Å². The molecule has 27 heavy (non-hydrogen) atoms. The summed E-state index contributed by atoms with van der Waals surface area (Å²) in [7, 11) is 1.27. The number of ether oxygens (including phenoxy) is 1. The Morgan fingerprint density at radius 2 is 2.07 bits per heavy atom. The first-order valence-corrected chi connectivity index (χ1v) is 9.04. The van der Waals surface area contributed by atoms with E-state index in [-0.39, 0.29) is 23.5 Å². The third kappa shape index (κ3) is 3.71. The number of pyridine rings is 1. The minimum absolute atomic E-state index is 0.116. The van der Waals surface area contributed by atoms with Gasteiger partial charge in [0.2, 0.25) is 0 Å². The lowest BCUT2D eigenvalue weighted by atomic mass is 10.00. The molecule has 1 aliphatic heterocycles. The Morgan fingerprint density at radius 1 is 1.33 bits per heavy atom. The number of nitrogens with one attached hydrogen (secondary N) is 1. The average molecular weight is 387 g/mol. The molecule has 1 aromatic heterocycles. The monoisotopic (exact) mass is 387 g/mol. The fourth-order valence-electron chi connectivity index (χ4n) is 2.74. The molecule has 2 aromatic rings. The molecule has 2 heterocycles. The van der Waals surface area contributed by atoms with Crippen LogP contribution in [0.5, 0.6) is 0 Å². The molecule has 2 atom stereocenters. The quantitative estimate of drug-likeness (QED) is 0.812. The average Bonchev–Trinajstić information content (AvgIpc) is 2.96. The van der Waals surface area contributed by atoms with Gasteiger partial charge in [0.25, 0.3) is 5.91 Å². The van der Waals surface area contributed by atoms with Gasteiger partial charge in [-0.2, -0.15) is 4.99 Å². The summed E-state index contributed by atoms with van der Waals surface area (Å²) in [6, 6.07) is 9.26. The van der Waals surface area contributed by atoms with Crippen molar-refractivity contribution < 1.29 is 18.7 Å². The molecule has 1 amide bonds. The first-order valence-electron chi connectivity index (χ1n) is 8.23. The van der Waals surface area contributed by atoms with E-state index < -0.39 is 10.7 Å². The minimum Gasteiger partial charge on any atom is -0.464 e. The van der Waals surface area contributed by atoms with Gasteiger partial charge in [-0.05, 0) is 37.6 Å². The normalized spacial score (nSPS) is 20.1. The molecule has 140 valence electrons. The number of rotatable bonds is 4. The van der Waals surface area contributed by atoms with E-state index >= 15 is 0 Å². The highest BCUT2D eigenvalue weighted by molar-refractivity contribution is 8.15. The molecule has 1 aromatic carbocycles. The molecule has 3 rings (SSSR count). The van der Waals surface area contributed by atoms with Crippen LogP contribution in [0.4, 0.5) is 4.39 Å². The van der Waals surface area contributed by atoms with E-state index in [0.717, 1.165) is 0 Å². The van der Waals surface area contributed by atoms with Crippen LogP contribution < -0.4 is 5.32 Å². The number of thioether (sulfide) groups is 1. The number of aromatic nitrogens is 1. The number of aliphatic imine (C=N–C) groups is 1. The summed E-state index contributed by atoms with van der Waals surface area (Å²) in [5.41, 5.74) is 1.19. The zero-order chi connectivity index (χ0) is 19.6. The highest BCUT2D eigenvalue weighted by Gasteiger charge is 2.43. The molecule has 0 radical (unpaired) electrons. The van der Waals surface area contributed by atoms with Crippen LogP contribution in [0.2, 0.25) is 0 Å². The lowest BCUT2D eigenvalue weighted by molar-refractivity contribution is -0.119. The lowest BCUT2D eigenvalue weighted by Crippen LogP contribution is -2.27. The van der Waals surface area contributed by atoms with Gasteiger partial charge in [0.05, 0.1) is 13.2 Å². The Morgan fingerprint density at radius 3 is 2.78 bits per heavy atom. The summed E-state index contributed by atoms with van der Waals surface area (Å²) in [5.74, 6) is -1.27. The van der Waals surface area contributed by atoms with E-state index in [1.807, 2.05) is 0 Å². The van der Waals surface area contributed by atoms with Crippen LogP contribution in [-0.2, 0) is 14.3 Å². The topological polar surface area (TPSA) is 80.6 Å². The standard InChI is InChI=1S/C19H18FN3O3S/c1-11(13-6-4-5-7-14(13)20)22-18-23-17(25)19(2,27-18)12-8-9-21-15(10-12)16(24)26-3/h4-11H,1-3H3,(H,22,23,25)/t11-,19?/m0/s1. The number of halogens is 1. The Balaban J connectivity index is 1.80. The predicted octanol–water partition coefficient (Wildman–Crippen LogP) is 3.20. The summed E-state index contributed by atoms with van der Waals surface area (Å²) >= 11 is 1.22. The molecule has 1 aliphatic rings. The van der Waals surface area contributed by atoms with Crippen LogP contribution in [0.15, 0.2) is 47.6 Å². The molecule has 8 heteroatoms. The second-order valence-electron chi connectivity index (χ2n) is 6.17. The molecule has 0 bridgehead atoms. The van der Waals surface area contributed by atoms with E-state index in [1.165, 1.54) is 37.2 Å². The van der Waals surface area contributed by atoms with E-state index in [0.29, 0.717) is 16.3 Å². The van der Waals surface area contributed by atoms with Crippen LogP contribution >= 0.6 is 11.8 Å². The summed E-state index contributed by atoms with van der Waals surface area (Å²) < 4.78 is 17.6. The number of amidine groups is 1. The summed E-state index contributed by atoms with van der Waals surface area (Å²) in [4.78, 5) is 32.3. The second kappa shape index (κ2) is 7.48. The number of amides is 1.